The van der Waals surface area contributed by atoms with Crippen LogP contribution in [0, 0.1) is 5.82 Å². The topological polar surface area (TPSA) is 44.8 Å². The number of ether oxygens (including phenoxy) is 3. The van der Waals surface area contributed by atoms with E-state index in [0.717, 1.165) is 6.07 Å². The Bertz CT molecular complexity index is 351. The minimum Gasteiger partial charge on any atom is -0.467 e. The highest BCUT2D eigenvalue weighted by Crippen LogP contribution is 2.20. The van der Waals surface area contributed by atoms with Crippen LogP contribution in [-0.2, 0) is 9.47 Å². The molecule has 82 valence electrons. The van der Waals surface area contributed by atoms with Gasteiger partial charge in [-0.1, -0.05) is 0 Å². The highest BCUT2D eigenvalue weighted by molar-refractivity contribution is 5.92. The molecule has 15 heavy (non-hydrogen) atoms. The average Bonchev–Trinajstić information content (AvgIpc) is 2.26. The van der Waals surface area contributed by atoms with Gasteiger partial charge in [0, 0.05) is 7.11 Å². The zero-order chi connectivity index (χ0) is 11.3. The van der Waals surface area contributed by atoms with Crippen molar-refractivity contribution in [2.45, 2.75) is 0 Å². The molecule has 0 spiro atoms. The van der Waals surface area contributed by atoms with Gasteiger partial charge in [0.1, 0.15) is 17.1 Å². The number of esters is 1. The summed E-state index contributed by atoms with van der Waals surface area (Å²) in [6.45, 7) is -0.0182. The molecule has 0 saturated heterocycles. The van der Waals surface area contributed by atoms with Crippen molar-refractivity contribution in [1.29, 1.82) is 0 Å². The molecule has 0 fully saturated rings. The van der Waals surface area contributed by atoms with Gasteiger partial charge in [-0.3, -0.25) is 0 Å². The van der Waals surface area contributed by atoms with Gasteiger partial charge in [-0.15, -0.1) is 0 Å². The second-order valence-corrected chi connectivity index (χ2v) is 2.68. The molecule has 0 radical (unpaired) electrons. The Hall–Kier alpha value is -1.62. The highest BCUT2D eigenvalue weighted by atomic mass is 19.1. The van der Waals surface area contributed by atoms with Gasteiger partial charge >= 0.3 is 5.97 Å². The Morgan fingerprint density at radius 1 is 1.40 bits per heavy atom. The molecule has 0 aliphatic carbocycles. The van der Waals surface area contributed by atoms with Gasteiger partial charge in [-0.25, -0.2) is 9.18 Å². The summed E-state index contributed by atoms with van der Waals surface area (Å²) in [5, 5.41) is 0. The SMILES string of the molecule is COCOc1ccc(F)cc1C(=O)OC. The largest absolute Gasteiger partial charge is 0.467 e. The standard InChI is InChI=1S/C10H11FO4/c1-13-6-15-9-4-3-7(11)5-8(9)10(12)14-2/h3-5H,6H2,1-2H3. The van der Waals surface area contributed by atoms with Crippen LogP contribution in [0.5, 0.6) is 5.75 Å². The van der Waals surface area contributed by atoms with E-state index >= 15 is 0 Å². The summed E-state index contributed by atoms with van der Waals surface area (Å²) in [5.74, 6) is -0.953. The lowest BCUT2D eigenvalue weighted by molar-refractivity contribution is 0.0464. The van der Waals surface area contributed by atoms with E-state index in [-0.39, 0.29) is 18.1 Å². The van der Waals surface area contributed by atoms with Gasteiger partial charge in [0.15, 0.2) is 6.79 Å². The molecule has 1 aromatic carbocycles. The third kappa shape index (κ3) is 2.92. The summed E-state index contributed by atoms with van der Waals surface area (Å²) in [6, 6.07) is 3.59. The first-order valence-corrected chi connectivity index (χ1v) is 4.18. The molecule has 0 N–H and O–H groups in total. The van der Waals surface area contributed by atoms with E-state index in [1.807, 2.05) is 0 Å². The molecule has 0 aromatic heterocycles. The smallest absolute Gasteiger partial charge is 0.341 e. The summed E-state index contributed by atoms with van der Waals surface area (Å²) in [7, 11) is 2.66. The fourth-order valence-corrected chi connectivity index (χ4v) is 1.02. The predicted octanol–water partition coefficient (Wildman–Crippen LogP) is 1.59. The van der Waals surface area contributed by atoms with Crippen molar-refractivity contribution in [1.82, 2.24) is 0 Å². The average molecular weight is 214 g/mol. The predicted molar refractivity (Wildman–Crippen MR) is 50.2 cm³/mol. The summed E-state index contributed by atoms with van der Waals surface area (Å²) < 4.78 is 27.1. The summed E-state index contributed by atoms with van der Waals surface area (Å²) >= 11 is 0. The molecule has 5 heteroatoms. The first-order chi connectivity index (χ1) is 7.19. The van der Waals surface area contributed by atoms with Crippen LogP contribution in [0.2, 0.25) is 0 Å². The third-order valence-corrected chi connectivity index (χ3v) is 1.68. The van der Waals surface area contributed by atoms with Crippen LogP contribution in [0.4, 0.5) is 4.39 Å². The van der Waals surface area contributed by atoms with Crippen molar-refractivity contribution in [3.63, 3.8) is 0 Å². The monoisotopic (exact) mass is 214 g/mol. The van der Waals surface area contributed by atoms with Gasteiger partial charge < -0.3 is 14.2 Å². The molecular formula is C10H11FO4. The molecule has 0 amide bonds. The third-order valence-electron chi connectivity index (χ3n) is 1.68. The van der Waals surface area contributed by atoms with Crippen molar-refractivity contribution >= 4 is 5.97 Å². The van der Waals surface area contributed by atoms with Crippen LogP contribution < -0.4 is 4.74 Å². The Morgan fingerprint density at radius 3 is 2.73 bits per heavy atom. The van der Waals surface area contributed by atoms with Crippen LogP contribution >= 0.6 is 0 Å². The van der Waals surface area contributed by atoms with E-state index in [9.17, 15) is 9.18 Å². The number of carbonyl (C=O) groups is 1. The van der Waals surface area contributed by atoms with Gasteiger partial charge in [0.2, 0.25) is 0 Å². The van der Waals surface area contributed by atoms with E-state index in [1.165, 1.54) is 26.4 Å². The van der Waals surface area contributed by atoms with Gasteiger partial charge in [-0.2, -0.15) is 0 Å². The Kier molecular flexibility index (Phi) is 4.05. The second-order valence-electron chi connectivity index (χ2n) is 2.68. The molecule has 1 aromatic rings. The number of halogens is 1. The number of hydrogen-bond acceptors (Lipinski definition) is 4. The Morgan fingerprint density at radius 2 is 2.13 bits per heavy atom. The zero-order valence-electron chi connectivity index (χ0n) is 8.45. The molecule has 0 saturated carbocycles. The molecule has 4 nitrogen and oxygen atoms in total. The first-order valence-electron chi connectivity index (χ1n) is 4.18. The van der Waals surface area contributed by atoms with Crippen molar-refractivity contribution in [2.75, 3.05) is 21.0 Å². The number of carbonyl (C=O) groups excluding carboxylic acids is 1. The Balaban J connectivity index is 2.97. The van der Waals surface area contributed by atoms with Crippen molar-refractivity contribution in [3.05, 3.63) is 29.6 Å². The van der Waals surface area contributed by atoms with Crippen LogP contribution in [0.3, 0.4) is 0 Å². The molecule has 0 bridgehead atoms. The lowest BCUT2D eigenvalue weighted by Gasteiger charge is -2.08. The minimum absolute atomic E-state index is 0.0182. The fraction of sp³-hybridized carbons (Fsp3) is 0.300. The molecule has 0 aliphatic heterocycles. The van der Waals surface area contributed by atoms with Crippen LogP contribution in [0.1, 0.15) is 10.4 Å². The minimum atomic E-state index is -0.652. The van der Waals surface area contributed by atoms with E-state index < -0.39 is 11.8 Å². The summed E-state index contributed by atoms with van der Waals surface area (Å²) in [6.07, 6.45) is 0. The van der Waals surface area contributed by atoms with Crippen molar-refractivity contribution in [2.24, 2.45) is 0 Å². The number of rotatable bonds is 4. The lowest BCUT2D eigenvalue weighted by atomic mass is 10.2. The highest BCUT2D eigenvalue weighted by Gasteiger charge is 2.13. The fourth-order valence-electron chi connectivity index (χ4n) is 1.02. The summed E-state index contributed by atoms with van der Waals surface area (Å²) in [4.78, 5) is 11.2. The molecule has 0 aliphatic rings. The molecular weight excluding hydrogens is 203 g/mol. The normalized spacial score (nSPS) is 9.80. The molecule has 0 unspecified atom stereocenters. The maximum Gasteiger partial charge on any atom is 0.341 e. The molecule has 0 heterocycles. The van der Waals surface area contributed by atoms with Crippen LogP contribution in [0.25, 0.3) is 0 Å². The maximum absolute atomic E-state index is 12.9. The van der Waals surface area contributed by atoms with Crippen molar-refractivity contribution in [3.8, 4) is 5.75 Å². The quantitative estimate of drug-likeness (QED) is 0.564. The number of benzene rings is 1. The van der Waals surface area contributed by atoms with Gasteiger partial charge in [0.25, 0.3) is 0 Å². The van der Waals surface area contributed by atoms with E-state index in [4.69, 9.17) is 4.74 Å². The molecule has 1 rings (SSSR count). The maximum atomic E-state index is 12.9. The van der Waals surface area contributed by atoms with Crippen LogP contribution in [0.15, 0.2) is 18.2 Å². The number of methoxy groups -OCH3 is 2. The Labute approximate surface area is 86.6 Å². The van der Waals surface area contributed by atoms with Gasteiger partial charge in [0.05, 0.1) is 7.11 Å². The number of hydrogen-bond donors (Lipinski definition) is 0. The van der Waals surface area contributed by atoms with E-state index in [1.54, 1.807) is 0 Å². The zero-order valence-corrected chi connectivity index (χ0v) is 8.45. The lowest BCUT2D eigenvalue weighted by Crippen LogP contribution is -2.07. The first kappa shape index (κ1) is 11.5. The summed E-state index contributed by atoms with van der Waals surface area (Å²) in [5.41, 5.74) is 0.0366. The van der Waals surface area contributed by atoms with Gasteiger partial charge in [-0.05, 0) is 18.2 Å². The van der Waals surface area contributed by atoms with Crippen LogP contribution in [-0.4, -0.2) is 27.0 Å². The van der Waals surface area contributed by atoms with E-state index in [2.05, 4.69) is 9.47 Å². The second kappa shape index (κ2) is 5.31. The van der Waals surface area contributed by atoms with Crippen molar-refractivity contribution < 1.29 is 23.4 Å². The van der Waals surface area contributed by atoms with E-state index in [0.29, 0.717) is 0 Å². The molecule has 0 atom stereocenters.